The molecular weight excluding hydrogens is 352 g/mol. The van der Waals surface area contributed by atoms with Gasteiger partial charge in [0.15, 0.2) is 5.76 Å². The largest absolute Gasteiger partial charge is 0.459 e. The fourth-order valence-corrected chi connectivity index (χ4v) is 3.96. The van der Waals surface area contributed by atoms with E-state index in [4.69, 9.17) is 4.42 Å². The Kier molecular flexibility index (Phi) is 5.15. The van der Waals surface area contributed by atoms with Gasteiger partial charge < -0.3 is 14.2 Å². The molecule has 1 aliphatic heterocycles. The summed E-state index contributed by atoms with van der Waals surface area (Å²) in [6, 6.07) is 17.8. The molecule has 0 unspecified atom stereocenters. The van der Waals surface area contributed by atoms with Crippen molar-refractivity contribution in [3.05, 3.63) is 72.2 Å². The number of amides is 2. The highest BCUT2D eigenvalue weighted by Gasteiger charge is 2.30. The van der Waals surface area contributed by atoms with Crippen LogP contribution < -0.4 is 0 Å². The Morgan fingerprint density at radius 1 is 1.04 bits per heavy atom. The molecule has 2 heterocycles. The van der Waals surface area contributed by atoms with Crippen molar-refractivity contribution >= 4 is 22.6 Å². The number of fused-ring (bicyclic) bond motifs is 1. The number of rotatable bonds is 4. The summed E-state index contributed by atoms with van der Waals surface area (Å²) in [6.07, 6.45) is 2.88. The second-order valence-electron chi connectivity index (χ2n) is 7.38. The maximum absolute atomic E-state index is 12.9. The Labute approximate surface area is 164 Å². The van der Waals surface area contributed by atoms with E-state index >= 15 is 0 Å². The zero-order chi connectivity index (χ0) is 19.5. The fourth-order valence-electron chi connectivity index (χ4n) is 3.96. The van der Waals surface area contributed by atoms with E-state index < -0.39 is 0 Å². The van der Waals surface area contributed by atoms with Crippen LogP contribution in [0.5, 0.6) is 0 Å². The maximum atomic E-state index is 12.9. The van der Waals surface area contributed by atoms with Crippen molar-refractivity contribution in [1.29, 1.82) is 0 Å². The molecule has 2 aromatic carbocycles. The SMILES string of the molecule is CN(Cc1cccc2ccccc12)C(=O)C1CCN(C(=O)c2ccco2)CC1. The molecule has 1 saturated heterocycles. The number of furan rings is 1. The quantitative estimate of drug-likeness (QED) is 0.693. The molecule has 5 nitrogen and oxygen atoms in total. The van der Waals surface area contributed by atoms with Gasteiger partial charge in [0.05, 0.1) is 6.26 Å². The van der Waals surface area contributed by atoms with Crippen LogP contribution in [0.3, 0.4) is 0 Å². The molecule has 0 bridgehead atoms. The molecule has 0 radical (unpaired) electrons. The van der Waals surface area contributed by atoms with Crippen molar-refractivity contribution in [2.75, 3.05) is 20.1 Å². The molecule has 144 valence electrons. The number of piperidine rings is 1. The predicted molar refractivity (Wildman–Crippen MR) is 108 cm³/mol. The molecule has 1 fully saturated rings. The smallest absolute Gasteiger partial charge is 0.289 e. The molecule has 0 spiro atoms. The van der Waals surface area contributed by atoms with Crippen molar-refractivity contribution in [2.24, 2.45) is 5.92 Å². The van der Waals surface area contributed by atoms with Gasteiger partial charge in [-0.15, -0.1) is 0 Å². The molecule has 4 rings (SSSR count). The number of benzene rings is 2. The number of hydrogen-bond acceptors (Lipinski definition) is 3. The van der Waals surface area contributed by atoms with Crippen LogP contribution in [0.25, 0.3) is 10.8 Å². The standard InChI is InChI=1S/C23H24N2O3/c1-24(16-19-8-4-7-17-6-2-3-9-20(17)19)22(26)18-11-13-25(14-12-18)23(27)21-10-5-15-28-21/h2-10,15,18H,11-14,16H2,1H3. The van der Waals surface area contributed by atoms with Gasteiger partial charge in [-0.2, -0.15) is 0 Å². The summed E-state index contributed by atoms with van der Waals surface area (Å²) in [6.45, 7) is 1.75. The molecule has 0 aliphatic carbocycles. The minimum atomic E-state index is -0.0972. The lowest BCUT2D eigenvalue weighted by atomic mass is 9.94. The average Bonchev–Trinajstić information content (AvgIpc) is 3.28. The van der Waals surface area contributed by atoms with Gasteiger partial charge in [-0.25, -0.2) is 0 Å². The van der Waals surface area contributed by atoms with Crippen LogP contribution in [0.15, 0.2) is 65.3 Å². The Morgan fingerprint density at radius 3 is 2.54 bits per heavy atom. The van der Waals surface area contributed by atoms with Gasteiger partial charge in [-0.05, 0) is 41.3 Å². The van der Waals surface area contributed by atoms with Crippen molar-refractivity contribution in [3.8, 4) is 0 Å². The zero-order valence-electron chi connectivity index (χ0n) is 16.0. The highest BCUT2D eigenvalue weighted by Crippen LogP contribution is 2.24. The van der Waals surface area contributed by atoms with E-state index in [9.17, 15) is 9.59 Å². The number of likely N-dealkylation sites (tertiary alicyclic amines) is 1. The van der Waals surface area contributed by atoms with Gasteiger partial charge in [0.25, 0.3) is 5.91 Å². The molecule has 0 N–H and O–H groups in total. The lowest BCUT2D eigenvalue weighted by Crippen LogP contribution is -2.43. The Bertz CT molecular complexity index is 967. The number of hydrogen-bond donors (Lipinski definition) is 0. The second-order valence-corrected chi connectivity index (χ2v) is 7.38. The van der Waals surface area contributed by atoms with Crippen molar-refractivity contribution < 1.29 is 14.0 Å². The second kappa shape index (κ2) is 7.89. The highest BCUT2D eigenvalue weighted by atomic mass is 16.3. The molecule has 1 aliphatic rings. The molecule has 0 atom stereocenters. The van der Waals surface area contributed by atoms with Crippen molar-refractivity contribution in [2.45, 2.75) is 19.4 Å². The van der Waals surface area contributed by atoms with E-state index in [1.807, 2.05) is 30.1 Å². The molecule has 0 saturated carbocycles. The molecule has 5 heteroatoms. The van der Waals surface area contributed by atoms with Crippen molar-refractivity contribution in [3.63, 3.8) is 0 Å². The fraction of sp³-hybridized carbons (Fsp3) is 0.304. The van der Waals surface area contributed by atoms with Gasteiger partial charge in [0, 0.05) is 32.6 Å². The van der Waals surface area contributed by atoms with E-state index in [0.29, 0.717) is 38.2 Å². The Morgan fingerprint density at radius 2 is 1.79 bits per heavy atom. The first kappa shape index (κ1) is 18.3. The first-order chi connectivity index (χ1) is 13.6. The Balaban J connectivity index is 1.38. The number of nitrogens with zero attached hydrogens (tertiary/aromatic N) is 2. The van der Waals surface area contributed by atoms with E-state index in [1.54, 1.807) is 17.0 Å². The Hall–Kier alpha value is -3.08. The zero-order valence-corrected chi connectivity index (χ0v) is 16.0. The van der Waals surface area contributed by atoms with Gasteiger partial charge in [0.2, 0.25) is 5.91 Å². The summed E-state index contributed by atoms with van der Waals surface area (Å²) in [4.78, 5) is 28.9. The van der Waals surface area contributed by atoms with E-state index in [0.717, 1.165) is 5.56 Å². The number of carbonyl (C=O) groups excluding carboxylic acids is 2. The summed E-state index contributed by atoms with van der Waals surface area (Å²) >= 11 is 0. The van der Waals surface area contributed by atoms with E-state index in [2.05, 4.69) is 24.3 Å². The van der Waals surface area contributed by atoms with Crippen LogP contribution in [0.4, 0.5) is 0 Å². The summed E-state index contributed by atoms with van der Waals surface area (Å²) in [7, 11) is 1.87. The van der Waals surface area contributed by atoms with Crippen LogP contribution in [-0.2, 0) is 11.3 Å². The molecule has 1 aromatic heterocycles. The third-order valence-corrected chi connectivity index (χ3v) is 5.53. The van der Waals surface area contributed by atoms with Gasteiger partial charge in [-0.3, -0.25) is 9.59 Å². The average molecular weight is 376 g/mol. The summed E-state index contributed by atoms with van der Waals surface area (Å²) in [5, 5.41) is 2.37. The van der Waals surface area contributed by atoms with Crippen LogP contribution in [0.2, 0.25) is 0 Å². The van der Waals surface area contributed by atoms with Crippen LogP contribution in [0, 0.1) is 5.92 Å². The number of carbonyl (C=O) groups is 2. The van der Waals surface area contributed by atoms with Gasteiger partial charge in [-0.1, -0.05) is 42.5 Å². The highest BCUT2D eigenvalue weighted by molar-refractivity contribution is 5.91. The molecule has 28 heavy (non-hydrogen) atoms. The third kappa shape index (κ3) is 3.65. The molecule has 2 amide bonds. The maximum Gasteiger partial charge on any atom is 0.289 e. The molecule has 3 aromatic rings. The first-order valence-electron chi connectivity index (χ1n) is 9.68. The predicted octanol–water partition coefficient (Wildman–Crippen LogP) is 3.94. The lowest BCUT2D eigenvalue weighted by Gasteiger charge is -2.33. The summed E-state index contributed by atoms with van der Waals surface area (Å²) < 4.78 is 5.20. The lowest BCUT2D eigenvalue weighted by molar-refractivity contribution is -0.136. The molecular formula is C23H24N2O3. The topological polar surface area (TPSA) is 53.8 Å². The normalized spacial score (nSPS) is 15.0. The third-order valence-electron chi connectivity index (χ3n) is 5.53. The van der Waals surface area contributed by atoms with Crippen molar-refractivity contribution in [1.82, 2.24) is 9.80 Å². The van der Waals surface area contributed by atoms with Crippen LogP contribution in [0.1, 0.15) is 29.0 Å². The minimum absolute atomic E-state index is 0.0411. The minimum Gasteiger partial charge on any atom is -0.459 e. The summed E-state index contributed by atoms with van der Waals surface area (Å²) in [5.41, 5.74) is 1.15. The van der Waals surface area contributed by atoms with E-state index in [-0.39, 0.29) is 17.7 Å². The van der Waals surface area contributed by atoms with Crippen LogP contribution >= 0.6 is 0 Å². The summed E-state index contributed by atoms with van der Waals surface area (Å²) in [5.74, 6) is 0.372. The van der Waals surface area contributed by atoms with Gasteiger partial charge >= 0.3 is 0 Å². The van der Waals surface area contributed by atoms with E-state index in [1.165, 1.54) is 17.0 Å². The van der Waals surface area contributed by atoms with Crippen LogP contribution in [-0.4, -0.2) is 41.8 Å². The monoisotopic (exact) mass is 376 g/mol. The first-order valence-corrected chi connectivity index (χ1v) is 9.68. The van der Waals surface area contributed by atoms with Gasteiger partial charge in [0.1, 0.15) is 0 Å².